The summed E-state index contributed by atoms with van der Waals surface area (Å²) < 4.78 is 0. The Morgan fingerprint density at radius 2 is 1.77 bits per heavy atom. The Morgan fingerprint density at radius 3 is 2.18 bits per heavy atom. The molecule has 0 aromatic heterocycles. The zero-order valence-corrected chi connectivity index (χ0v) is 12.7. The summed E-state index contributed by atoms with van der Waals surface area (Å²) in [5.74, 6) is -1.62. The van der Waals surface area contributed by atoms with E-state index >= 15 is 0 Å². The maximum absolute atomic E-state index is 12.2. The van der Waals surface area contributed by atoms with Crippen molar-refractivity contribution in [3.63, 3.8) is 0 Å². The summed E-state index contributed by atoms with van der Waals surface area (Å²) in [6.45, 7) is 4.84. The van der Waals surface area contributed by atoms with Crippen LogP contribution in [0.1, 0.15) is 41.5 Å². The quantitative estimate of drug-likeness (QED) is 0.849. The van der Waals surface area contributed by atoms with Crippen LogP contribution in [0, 0.1) is 17.2 Å². The zero-order valence-electron chi connectivity index (χ0n) is 12.7. The van der Waals surface area contributed by atoms with E-state index in [1.807, 2.05) is 13.8 Å². The molecule has 3 amide bonds. The first-order valence-corrected chi connectivity index (χ1v) is 6.97. The molecule has 0 fully saturated rings. The first-order valence-electron chi connectivity index (χ1n) is 6.97. The van der Waals surface area contributed by atoms with Gasteiger partial charge in [0.1, 0.15) is 12.1 Å². The number of nitrogens with one attached hydrogen (secondary N) is 1. The zero-order chi connectivity index (χ0) is 16.5. The molecule has 1 aromatic rings. The van der Waals surface area contributed by atoms with E-state index in [9.17, 15) is 19.6 Å². The molecule has 1 aromatic carbocycles. The minimum Gasteiger partial charge on any atom is -0.336 e. The second-order valence-corrected chi connectivity index (χ2v) is 5.76. The number of hydrogen-bond donors (Lipinski definition) is 1. The predicted molar refractivity (Wildman–Crippen MR) is 78.8 cm³/mol. The van der Waals surface area contributed by atoms with Crippen molar-refractivity contribution < 1.29 is 14.4 Å². The van der Waals surface area contributed by atoms with Gasteiger partial charge in [-0.1, -0.05) is 26.0 Å². The fourth-order valence-corrected chi connectivity index (χ4v) is 2.16. The number of hydrogen-bond acceptors (Lipinski definition) is 4. The number of rotatable bonds is 4. The van der Waals surface area contributed by atoms with E-state index in [1.165, 1.54) is 0 Å². The Morgan fingerprint density at radius 1 is 1.27 bits per heavy atom. The van der Waals surface area contributed by atoms with Gasteiger partial charge in [0.2, 0.25) is 5.91 Å². The molecule has 0 saturated carbocycles. The van der Waals surface area contributed by atoms with Crippen molar-refractivity contribution in [3.05, 3.63) is 35.4 Å². The summed E-state index contributed by atoms with van der Waals surface area (Å²) in [6.07, 6.45) is 0. The molecule has 6 heteroatoms. The van der Waals surface area contributed by atoms with Crippen LogP contribution in [0.15, 0.2) is 24.3 Å². The van der Waals surface area contributed by atoms with E-state index in [2.05, 4.69) is 11.4 Å². The van der Waals surface area contributed by atoms with Crippen LogP contribution < -0.4 is 5.32 Å². The van der Waals surface area contributed by atoms with Crippen molar-refractivity contribution >= 4 is 17.7 Å². The number of carbonyl (C=O) groups is 3. The molecule has 1 atom stereocenters. The number of nitrogens with zero attached hydrogens (tertiary/aromatic N) is 2. The summed E-state index contributed by atoms with van der Waals surface area (Å²) in [6, 6.07) is 8.50. The largest absolute Gasteiger partial charge is 0.336 e. The molecule has 1 aliphatic heterocycles. The molecule has 0 aliphatic carbocycles. The minimum atomic E-state index is -1.05. The monoisotopic (exact) mass is 299 g/mol. The van der Waals surface area contributed by atoms with Gasteiger partial charge >= 0.3 is 0 Å². The first-order chi connectivity index (χ1) is 10.3. The number of carbonyl (C=O) groups excluding carboxylic acids is 3. The van der Waals surface area contributed by atoms with Gasteiger partial charge in [0.05, 0.1) is 17.2 Å². The molecule has 0 bridgehead atoms. The van der Waals surface area contributed by atoms with Gasteiger partial charge in [0, 0.05) is 0 Å². The summed E-state index contributed by atoms with van der Waals surface area (Å²) in [5.41, 5.74) is -0.449. The highest BCUT2D eigenvalue weighted by atomic mass is 16.2. The van der Waals surface area contributed by atoms with E-state index in [0.29, 0.717) is 11.1 Å². The molecule has 22 heavy (non-hydrogen) atoms. The third kappa shape index (κ3) is 2.58. The second-order valence-electron chi connectivity index (χ2n) is 5.76. The topological polar surface area (TPSA) is 90.3 Å². The van der Waals surface area contributed by atoms with Crippen molar-refractivity contribution in [3.8, 4) is 6.07 Å². The molecule has 2 rings (SSSR count). The summed E-state index contributed by atoms with van der Waals surface area (Å²) in [5, 5.41) is 11.8. The van der Waals surface area contributed by atoms with Crippen LogP contribution in [0.5, 0.6) is 0 Å². The third-order valence-corrected chi connectivity index (χ3v) is 3.97. The van der Waals surface area contributed by atoms with Crippen LogP contribution in [0.25, 0.3) is 0 Å². The Bertz CT molecular complexity index is 655. The maximum Gasteiger partial charge on any atom is 0.262 e. The van der Waals surface area contributed by atoms with Crippen LogP contribution in [0.3, 0.4) is 0 Å². The highest BCUT2D eigenvalue weighted by molar-refractivity contribution is 6.22. The van der Waals surface area contributed by atoms with Gasteiger partial charge < -0.3 is 5.32 Å². The highest BCUT2D eigenvalue weighted by Gasteiger charge is 2.38. The van der Waals surface area contributed by atoms with Crippen molar-refractivity contribution in [2.75, 3.05) is 6.54 Å². The molecule has 6 nitrogen and oxygen atoms in total. The van der Waals surface area contributed by atoms with E-state index in [1.54, 1.807) is 31.2 Å². The summed E-state index contributed by atoms with van der Waals surface area (Å²) in [4.78, 5) is 37.4. The molecule has 1 heterocycles. The average Bonchev–Trinajstić information content (AvgIpc) is 2.72. The lowest BCUT2D eigenvalue weighted by molar-refractivity contribution is -0.123. The number of fused-ring (bicyclic) bond motifs is 1. The fourth-order valence-electron chi connectivity index (χ4n) is 2.16. The number of amides is 3. The molecular formula is C16H17N3O3. The van der Waals surface area contributed by atoms with Crippen LogP contribution in [-0.2, 0) is 4.79 Å². The Balaban J connectivity index is 2.13. The first kappa shape index (κ1) is 15.7. The van der Waals surface area contributed by atoms with Crippen LogP contribution in [0.4, 0.5) is 0 Å². The smallest absolute Gasteiger partial charge is 0.262 e. The van der Waals surface area contributed by atoms with Gasteiger partial charge in [0.15, 0.2) is 0 Å². The van der Waals surface area contributed by atoms with Crippen molar-refractivity contribution in [1.82, 2.24) is 10.2 Å². The molecular weight excluding hydrogens is 282 g/mol. The van der Waals surface area contributed by atoms with Crippen molar-refractivity contribution in [1.29, 1.82) is 5.26 Å². The standard InChI is InChI=1S/C16H17N3O3/c1-10(2)16(3,9-17)18-13(20)8-19-14(21)11-6-4-5-7-12(11)15(19)22/h4-7,10H,8H2,1-3H3,(H,18,20)/t16-/m0/s1. The van der Waals surface area contributed by atoms with E-state index in [4.69, 9.17) is 0 Å². The number of benzene rings is 1. The van der Waals surface area contributed by atoms with Crippen molar-refractivity contribution in [2.45, 2.75) is 26.3 Å². The fraction of sp³-hybridized carbons (Fsp3) is 0.375. The molecule has 1 N–H and O–H groups in total. The van der Waals surface area contributed by atoms with Gasteiger partial charge in [-0.2, -0.15) is 5.26 Å². The van der Waals surface area contributed by atoms with Gasteiger partial charge in [-0.25, -0.2) is 0 Å². The van der Waals surface area contributed by atoms with Crippen molar-refractivity contribution in [2.24, 2.45) is 5.92 Å². The average molecular weight is 299 g/mol. The Labute approximate surface area is 128 Å². The van der Waals surface area contributed by atoms with Gasteiger partial charge in [-0.3, -0.25) is 19.3 Å². The molecule has 0 spiro atoms. The summed E-state index contributed by atoms with van der Waals surface area (Å²) >= 11 is 0. The summed E-state index contributed by atoms with van der Waals surface area (Å²) in [7, 11) is 0. The Kier molecular flexibility index (Phi) is 4.00. The van der Waals surface area contributed by atoms with Crippen LogP contribution in [-0.4, -0.2) is 34.7 Å². The minimum absolute atomic E-state index is 0.108. The normalized spacial score (nSPS) is 16.2. The SMILES string of the molecule is CC(C)[C@](C)(C#N)NC(=O)CN1C(=O)c2ccccc2C1=O. The van der Waals surface area contributed by atoms with Gasteiger partial charge in [0.25, 0.3) is 11.8 Å². The Hall–Kier alpha value is -2.68. The van der Waals surface area contributed by atoms with E-state index < -0.39 is 29.8 Å². The van der Waals surface area contributed by atoms with Gasteiger partial charge in [-0.05, 0) is 25.0 Å². The molecule has 0 saturated heterocycles. The third-order valence-electron chi connectivity index (χ3n) is 3.97. The molecule has 1 aliphatic rings. The number of imide groups is 1. The molecule has 0 radical (unpaired) electrons. The number of nitriles is 1. The van der Waals surface area contributed by atoms with Crippen LogP contribution in [0.2, 0.25) is 0 Å². The molecule has 114 valence electrons. The lowest BCUT2D eigenvalue weighted by atomic mass is 9.90. The molecule has 0 unspecified atom stereocenters. The van der Waals surface area contributed by atoms with Crippen LogP contribution >= 0.6 is 0 Å². The second kappa shape index (κ2) is 5.60. The van der Waals surface area contributed by atoms with E-state index in [-0.39, 0.29) is 5.92 Å². The highest BCUT2D eigenvalue weighted by Crippen LogP contribution is 2.22. The lowest BCUT2D eigenvalue weighted by Crippen LogP contribution is -2.52. The predicted octanol–water partition coefficient (Wildman–Crippen LogP) is 1.34. The van der Waals surface area contributed by atoms with Gasteiger partial charge in [-0.15, -0.1) is 0 Å². The van der Waals surface area contributed by atoms with E-state index in [0.717, 1.165) is 4.90 Å². The lowest BCUT2D eigenvalue weighted by Gasteiger charge is -2.28. The maximum atomic E-state index is 12.2.